The molecule has 1 aromatic rings. The molecule has 0 radical (unpaired) electrons. The van der Waals surface area contributed by atoms with Gasteiger partial charge in [0, 0.05) is 26.2 Å². The van der Waals surface area contributed by atoms with E-state index in [1.165, 1.54) is 5.56 Å². The van der Waals surface area contributed by atoms with E-state index < -0.39 is 0 Å². The number of amides is 1. The Morgan fingerprint density at radius 1 is 1.36 bits per heavy atom. The van der Waals surface area contributed by atoms with Gasteiger partial charge in [0.15, 0.2) is 11.5 Å². The zero-order valence-corrected chi connectivity index (χ0v) is 13.5. The molecule has 2 heterocycles. The van der Waals surface area contributed by atoms with Gasteiger partial charge in [-0.25, -0.2) is 0 Å². The highest BCUT2D eigenvalue weighted by molar-refractivity contribution is 5.80. The summed E-state index contributed by atoms with van der Waals surface area (Å²) >= 11 is 0. The van der Waals surface area contributed by atoms with Crippen molar-refractivity contribution in [3.8, 4) is 11.5 Å². The van der Waals surface area contributed by atoms with E-state index in [1.54, 1.807) is 0 Å². The Balaban J connectivity index is 1.57. The molecular weight excluding hydrogens is 280 g/mol. The molecule has 2 aliphatic heterocycles. The summed E-state index contributed by atoms with van der Waals surface area (Å²) < 4.78 is 10.7. The van der Waals surface area contributed by atoms with Gasteiger partial charge in [-0.2, -0.15) is 0 Å². The van der Waals surface area contributed by atoms with E-state index in [4.69, 9.17) is 9.47 Å². The number of ether oxygens (including phenoxy) is 2. The number of carbonyl (C=O) groups is 1. The van der Waals surface area contributed by atoms with E-state index in [0.29, 0.717) is 6.79 Å². The van der Waals surface area contributed by atoms with Crippen LogP contribution in [-0.4, -0.2) is 55.2 Å². The van der Waals surface area contributed by atoms with E-state index >= 15 is 0 Å². The van der Waals surface area contributed by atoms with Gasteiger partial charge in [0.25, 0.3) is 0 Å². The normalized spacial score (nSPS) is 18.9. The van der Waals surface area contributed by atoms with Crippen molar-refractivity contribution in [1.82, 2.24) is 9.80 Å². The lowest BCUT2D eigenvalue weighted by Gasteiger charge is -2.40. The van der Waals surface area contributed by atoms with Crippen LogP contribution < -0.4 is 9.47 Å². The number of hydrogen-bond acceptors (Lipinski definition) is 4. The molecule has 1 saturated heterocycles. The first-order valence-electron chi connectivity index (χ1n) is 7.96. The molecule has 0 bridgehead atoms. The third-order valence-corrected chi connectivity index (χ3v) is 4.73. The lowest BCUT2D eigenvalue weighted by molar-refractivity contribution is -0.141. The van der Waals surface area contributed by atoms with Crippen molar-refractivity contribution in [1.29, 1.82) is 0 Å². The highest BCUT2D eigenvalue weighted by Crippen LogP contribution is 2.33. The summed E-state index contributed by atoms with van der Waals surface area (Å²) in [6, 6.07) is 6.17. The van der Waals surface area contributed by atoms with Gasteiger partial charge in [0.2, 0.25) is 12.7 Å². The SMILES string of the molecule is CCN1CC(C(=O)N(C)C(C)Cc2ccc3c(c2)OCO3)C1. The number of hydrogen-bond donors (Lipinski definition) is 0. The minimum absolute atomic E-state index is 0.170. The summed E-state index contributed by atoms with van der Waals surface area (Å²) in [5.41, 5.74) is 1.17. The standard InChI is InChI=1S/C17H24N2O3/c1-4-19-9-14(10-19)17(20)18(3)12(2)7-13-5-6-15-16(8-13)22-11-21-15/h5-6,8,12,14H,4,7,9-11H2,1-3H3. The maximum Gasteiger partial charge on any atom is 0.231 e. The van der Waals surface area contributed by atoms with Gasteiger partial charge in [-0.3, -0.25) is 4.79 Å². The Bertz CT molecular complexity index is 555. The summed E-state index contributed by atoms with van der Waals surface area (Å²) in [6.07, 6.45) is 0.823. The van der Waals surface area contributed by atoms with E-state index in [2.05, 4.69) is 18.7 Å². The van der Waals surface area contributed by atoms with Crippen LogP contribution in [0.15, 0.2) is 18.2 Å². The van der Waals surface area contributed by atoms with Crippen LogP contribution >= 0.6 is 0 Å². The Morgan fingerprint density at radius 2 is 2.09 bits per heavy atom. The molecule has 3 rings (SSSR count). The van der Waals surface area contributed by atoms with Crippen LogP contribution in [-0.2, 0) is 11.2 Å². The summed E-state index contributed by atoms with van der Waals surface area (Å²) in [4.78, 5) is 16.6. The van der Waals surface area contributed by atoms with Crippen LogP contribution in [0.3, 0.4) is 0 Å². The topological polar surface area (TPSA) is 42.0 Å². The predicted octanol–water partition coefficient (Wildman–Crippen LogP) is 1.76. The van der Waals surface area contributed by atoms with Gasteiger partial charge in [-0.15, -0.1) is 0 Å². The van der Waals surface area contributed by atoms with E-state index in [-0.39, 0.29) is 17.9 Å². The number of rotatable bonds is 5. The first-order valence-corrected chi connectivity index (χ1v) is 7.96. The van der Waals surface area contributed by atoms with Crippen molar-refractivity contribution in [3.63, 3.8) is 0 Å². The Morgan fingerprint density at radius 3 is 2.82 bits per heavy atom. The molecule has 0 N–H and O–H groups in total. The number of likely N-dealkylation sites (tertiary alicyclic amines) is 1. The molecule has 1 aromatic carbocycles. The summed E-state index contributed by atoms with van der Waals surface area (Å²) in [5, 5.41) is 0. The van der Waals surface area contributed by atoms with Gasteiger partial charge < -0.3 is 19.3 Å². The van der Waals surface area contributed by atoms with Crippen molar-refractivity contribution in [2.75, 3.05) is 33.5 Å². The van der Waals surface area contributed by atoms with Gasteiger partial charge in [-0.1, -0.05) is 13.0 Å². The number of nitrogens with zero attached hydrogens (tertiary/aromatic N) is 2. The van der Waals surface area contributed by atoms with Crippen LogP contribution in [0.5, 0.6) is 11.5 Å². The molecule has 22 heavy (non-hydrogen) atoms. The van der Waals surface area contributed by atoms with Gasteiger partial charge in [0.05, 0.1) is 5.92 Å². The second-order valence-electron chi connectivity index (χ2n) is 6.24. The molecule has 2 aliphatic rings. The Labute approximate surface area is 131 Å². The van der Waals surface area contributed by atoms with Crippen LogP contribution in [0, 0.1) is 5.92 Å². The Hall–Kier alpha value is -1.75. The first-order chi connectivity index (χ1) is 10.6. The third kappa shape index (κ3) is 2.90. The minimum Gasteiger partial charge on any atom is -0.454 e. The summed E-state index contributed by atoms with van der Waals surface area (Å²) in [7, 11) is 1.91. The van der Waals surface area contributed by atoms with Crippen LogP contribution in [0.2, 0.25) is 0 Å². The second-order valence-corrected chi connectivity index (χ2v) is 6.24. The molecule has 5 heteroatoms. The van der Waals surface area contributed by atoms with Crippen LogP contribution in [0.1, 0.15) is 19.4 Å². The molecule has 0 aliphatic carbocycles. The van der Waals surface area contributed by atoms with Gasteiger partial charge in [0.1, 0.15) is 0 Å². The molecule has 1 unspecified atom stereocenters. The number of likely N-dealkylation sites (N-methyl/N-ethyl adjacent to an activating group) is 1. The third-order valence-electron chi connectivity index (χ3n) is 4.73. The van der Waals surface area contributed by atoms with Crippen molar-refractivity contribution >= 4 is 5.91 Å². The smallest absolute Gasteiger partial charge is 0.231 e. The quantitative estimate of drug-likeness (QED) is 0.831. The molecular formula is C17H24N2O3. The van der Waals surface area contributed by atoms with Crippen molar-refractivity contribution in [2.24, 2.45) is 5.92 Å². The molecule has 0 aromatic heterocycles. The number of carbonyl (C=O) groups excluding carboxylic acids is 1. The van der Waals surface area contributed by atoms with E-state index in [9.17, 15) is 4.79 Å². The maximum atomic E-state index is 12.5. The highest BCUT2D eigenvalue weighted by Gasteiger charge is 2.34. The van der Waals surface area contributed by atoms with E-state index in [1.807, 2.05) is 30.1 Å². The fourth-order valence-electron chi connectivity index (χ4n) is 3.04. The number of fused-ring (bicyclic) bond motifs is 1. The molecule has 0 saturated carbocycles. The Kier molecular flexibility index (Phi) is 4.25. The summed E-state index contributed by atoms with van der Waals surface area (Å²) in [6.45, 7) is 7.35. The molecule has 5 nitrogen and oxygen atoms in total. The van der Waals surface area contributed by atoms with Gasteiger partial charge >= 0.3 is 0 Å². The zero-order chi connectivity index (χ0) is 15.7. The van der Waals surface area contributed by atoms with Crippen molar-refractivity contribution < 1.29 is 14.3 Å². The minimum atomic E-state index is 0.170. The van der Waals surface area contributed by atoms with Crippen LogP contribution in [0.4, 0.5) is 0 Å². The molecule has 1 atom stereocenters. The fourth-order valence-corrected chi connectivity index (χ4v) is 3.04. The molecule has 1 fully saturated rings. The van der Waals surface area contributed by atoms with Crippen LogP contribution in [0.25, 0.3) is 0 Å². The lowest BCUT2D eigenvalue weighted by Crippen LogP contribution is -2.55. The van der Waals surface area contributed by atoms with Crippen molar-refractivity contribution in [2.45, 2.75) is 26.3 Å². The summed E-state index contributed by atoms with van der Waals surface area (Å²) in [5.74, 6) is 2.04. The van der Waals surface area contributed by atoms with Gasteiger partial charge in [-0.05, 0) is 37.6 Å². The molecule has 0 spiro atoms. The average Bonchev–Trinajstić information content (AvgIpc) is 2.92. The monoisotopic (exact) mass is 304 g/mol. The highest BCUT2D eigenvalue weighted by atomic mass is 16.7. The van der Waals surface area contributed by atoms with E-state index in [0.717, 1.165) is 37.6 Å². The average molecular weight is 304 g/mol. The second kappa shape index (κ2) is 6.16. The zero-order valence-electron chi connectivity index (χ0n) is 13.5. The van der Waals surface area contributed by atoms with Crippen molar-refractivity contribution in [3.05, 3.63) is 23.8 Å². The fraction of sp³-hybridized carbons (Fsp3) is 0.588. The largest absolute Gasteiger partial charge is 0.454 e. The first kappa shape index (κ1) is 15.2. The predicted molar refractivity (Wildman–Crippen MR) is 84.1 cm³/mol. The number of benzene rings is 1. The lowest BCUT2D eigenvalue weighted by atomic mass is 9.97. The molecule has 1 amide bonds. The maximum absolute atomic E-state index is 12.5. The molecule has 120 valence electrons.